The average molecular weight is 494 g/mol. The zero-order valence-electron chi connectivity index (χ0n) is 21.0. The second kappa shape index (κ2) is 8.57. The quantitative estimate of drug-likeness (QED) is 0.661. The van der Waals surface area contributed by atoms with E-state index in [-0.39, 0.29) is 36.0 Å². The number of hydrogen-bond donors (Lipinski definition) is 2. The first kappa shape index (κ1) is 24.2. The molecule has 1 fully saturated rings. The first-order valence-corrected chi connectivity index (χ1v) is 12.3. The Labute approximate surface area is 210 Å². The highest BCUT2D eigenvalue weighted by Gasteiger charge is 2.53. The van der Waals surface area contributed by atoms with Gasteiger partial charge in [0.2, 0.25) is 11.8 Å². The third kappa shape index (κ3) is 4.54. The van der Waals surface area contributed by atoms with Crippen LogP contribution in [-0.4, -0.2) is 38.8 Å². The molecule has 2 aromatic rings. The number of amides is 2. The summed E-state index contributed by atoms with van der Waals surface area (Å²) < 4.78 is 20.7. The lowest BCUT2D eigenvalue weighted by Crippen LogP contribution is -2.52. The lowest BCUT2D eigenvalue weighted by atomic mass is 9.89. The summed E-state index contributed by atoms with van der Waals surface area (Å²) in [5.74, 6) is -0.631. The molecule has 1 saturated carbocycles. The maximum atomic E-state index is 14.7. The minimum Gasteiger partial charge on any atom is -0.487 e. The number of carbonyl (C=O) groups excluding carboxylic acids is 2. The molecule has 0 unspecified atom stereocenters. The van der Waals surface area contributed by atoms with Crippen LogP contribution in [0.15, 0.2) is 47.7 Å². The van der Waals surface area contributed by atoms with Crippen LogP contribution in [0.25, 0.3) is 0 Å². The largest absolute Gasteiger partial charge is 0.487 e. The maximum absolute atomic E-state index is 14.7. The van der Waals surface area contributed by atoms with Gasteiger partial charge >= 0.3 is 0 Å². The molecule has 1 aliphatic carbocycles. The summed E-state index contributed by atoms with van der Waals surface area (Å²) in [6, 6.07) is 7.42. The molecule has 190 valence electrons. The number of hydrogen-bond acceptors (Lipinski definition) is 6. The van der Waals surface area contributed by atoms with Crippen LogP contribution in [0, 0.1) is 17.7 Å². The van der Waals surface area contributed by atoms with E-state index in [9.17, 15) is 14.0 Å². The molecule has 8 nitrogen and oxygen atoms in total. The first-order chi connectivity index (χ1) is 17.0. The smallest absolute Gasteiger partial charge is 0.232 e. The molecule has 1 aromatic heterocycles. The van der Waals surface area contributed by atoms with Crippen molar-refractivity contribution in [2.75, 3.05) is 0 Å². The molecule has 3 N–H and O–H groups in total. The fourth-order valence-electron chi connectivity index (χ4n) is 5.57. The van der Waals surface area contributed by atoms with Crippen molar-refractivity contribution in [2.24, 2.45) is 22.6 Å². The molecule has 2 aliphatic heterocycles. The molecule has 0 saturated heterocycles. The van der Waals surface area contributed by atoms with Crippen molar-refractivity contribution >= 4 is 17.8 Å². The highest BCUT2D eigenvalue weighted by Crippen LogP contribution is 2.51. The number of rotatable bonds is 5. The van der Waals surface area contributed by atoms with E-state index in [1.165, 1.54) is 11.0 Å². The van der Waals surface area contributed by atoms with Crippen molar-refractivity contribution in [3.8, 4) is 5.75 Å². The van der Waals surface area contributed by atoms with E-state index in [1.54, 1.807) is 30.6 Å². The Morgan fingerprint density at radius 2 is 2.03 bits per heavy atom. The highest BCUT2D eigenvalue weighted by atomic mass is 19.1. The third-order valence-electron chi connectivity index (χ3n) is 7.16. The fourth-order valence-corrected chi connectivity index (χ4v) is 5.57. The number of nitrogens with zero attached hydrogens (tertiary/aromatic N) is 3. The lowest BCUT2D eigenvalue weighted by Gasteiger charge is -2.38. The standard InChI is InChI=1S/C27H32FN5O3/c1-26(2)13-21(34)33(25(29)32-26)23(15-7-6-10-30-14-15)16-11-17(16)24(35)31-19-12-27(3,4)36-20-9-5-8-18(28)22(19)20/h5-10,14,16-17,19,23H,11-13H2,1-4H3,(H2,29,32)(H,31,35)/t16-,17-,19+,23+/m0/s1. The number of aromatic nitrogens is 1. The number of benzene rings is 1. The van der Waals surface area contributed by atoms with E-state index in [0.29, 0.717) is 24.2 Å². The van der Waals surface area contributed by atoms with E-state index in [0.717, 1.165) is 5.56 Å². The number of aliphatic imine (C=N–C) groups is 1. The Kier molecular flexibility index (Phi) is 5.76. The molecule has 0 bridgehead atoms. The van der Waals surface area contributed by atoms with Crippen LogP contribution in [0.2, 0.25) is 0 Å². The maximum Gasteiger partial charge on any atom is 0.232 e. The molecular weight excluding hydrogens is 461 g/mol. The third-order valence-corrected chi connectivity index (χ3v) is 7.16. The molecule has 1 aromatic carbocycles. The molecular formula is C27H32FN5O3. The molecule has 5 rings (SSSR count). The van der Waals surface area contributed by atoms with Gasteiger partial charge in [0.25, 0.3) is 0 Å². The van der Waals surface area contributed by atoms with Crippen LogP contribution >= 0.6 is 0 Å². The fraction of sp³-hybridized carbons (Fsp3) is 0.481. The second-order valence-corrected chi connectivity index (χ2v) is 11.2. The van der Waals surface area contributed by atoms with Gasteiger partial charge < -0.3 is 15.8 Å². The monoisotopic (exact) mass is 493 g/mol. The number of halogens is 1. The summed E-state index contributed by atoms with van der Waals surface area (Å²) in [5.41, 5.74) is 6.33. The number of pyridine rings is 1. The lowest BCUT2D eigenvalue weighted by molar-refractivity contribution is -0.132. The molecule has 3 heterocycles. The molecule has 9 heteroatoms. The summed E-state index contributed by atoms with van der Waals surface area (Å²) in [4.78, 5) is 36.9. The molecule has 3 aliphatic rings. The van der Waals surface area contributed by atoms with Gasteiger partial charge in [-0.15, -0.1) is 0 Å². The van der Waals surface area contributed by atoms with Crippen LogP contribution < -0.4 is 15.8 Å². The van der Waals surface area contributed by atoms with Crippen molar-refractivity contribution in [1.82, 2.24) is 15.2 Å². The van der Waals surface area contributed by atoms with Crippen molar-refractivity contribution in [2.45, 2.75) is 70.2 Å². The van der Waals surface area contributed by atoms with Gasteiger partial charge in [-0.2, -0.15) is 0 Å². The predicted molar refractivity (Wildman–Crippen MR) is 132 cm³/mol. The van der Waals surface area contributed by atoms with E-state index < -0.39 is 29.0 Å². The summed E-state index contributed by atoms with van der Waals surface area (Å²) >= 11 is 0. The topological polar surface area (TPSA) is 110 Å². The normalized spacial score (nSPS) is 26.8. The molecule has 0 radical (unpaired) electrons. The van der Waals surface area contributed by atoms with Crippen molar-refractivity contribution in [3.63, 3.8) is 0 Å². The van der Waals surface area contributed by atoms with Gasteiger partial charge in [0.15, 0.2) is 5.96 Å². The van der Waals surface area contributed by atoms with Gasteiger partial charge in [0, 0.05) is 24.7 Å². The number of fused-ring (bicyclic) bond motifs is 1. The number of ether oxygens (including phenoxy) is 1. The predicted octanol–water partition coefficient (Wildman–Crippen LogP) is 3.64. The van der Waals surface area contributed by atoms with Crippen LogP contribution in [0.5, 0.6) is 5.75 Å². The zero-order valence-corrected chi connectivity index (χ0v) is 21.0. The van der Waals surface area contributed by atoms with E-state index >= 15 is 0 Å². The van der Waals surface area contributed by atoms with Gasteiger partial charge in [0.05, 0.1) is 29.6 Å². The summed E-state index contributed by atoms with van der Waals surface area (Å²) in [5, 5.41) is 3.07. The van der Waals surface area contributed by atoms with Gasteiger partial charge in [-0.3, -0.25) is 19.5 Å². The number of guanidine groups is 1. The summed E-state index contributed by atoms with van der Waals surface area (Å²) in [6.07, 6.45) is 4.60. The van der Waals surface area contributed by atoms with Gasteiger partial charge in [-0.1, -0.05) is 12.1 Å². The van der Waals surface area contributed by atoms with Crippen molar-refractivity contribution < 1.29 is 18.7 Å². The zero-order chi connectivity index (χ0) is 25.8. The molecule has 4 atom stereocenters. The van der Waals surface area contributed by atoms with Gasteiger partial charge in [-0.05, 0) is 63.8 Å². The Balaban J connectivity index is 1.40. The van der Waals surface area contributed by atoms with Crippen molar-refractivity contribution in [3.05, 3.63) is 59.7 Å². The van der Waals surface area contributed by atoms with Gasteiger partial charge in [0.1, 0.15) is 17.2 Å². The van der Waals surface area contributed by atoms with E-state index in [2.05, 4.69) is 15.3 Å². The van der Waals surface area contributed by atoms with Crippen LogP contribution in [0.1, 0.15) is 70.2 Å². The van der Waals surface area contributed by atoms with E-state index in [4.69, 9.17) is 10.5 Å². The van der Waals surface area contributed by atoms with Crippen LogP contribution in [-0.2, 0) is 9.59 Å². The number of nitrogens with two attached hydrogens (primary N) is 1. The number of carbonyl (C=O) groups is 2. The SMILES string of the molecule is CC1(C)CC(=O)N([C@H](c2cccnc2)[C@H]2C[C@@H]2C(=O)N[C@@H]2CC(C)(C)Oc3cccc(F)c32)C(N)=N1. The van der Waals surface area contributed by atoms with Gasteiger partial charge in [-0.25, -0.2) is 9.38 Å². The average Bonchev–Trinajstić information content (AvgIpc) is 3.55. The Bertz CT molecular complexity index is 1230. The van der Waals surface area contributed by atoms with Crippen molar-refractivity contribution in [1.29, 1.82) is 0 Å². The Hall–Kier alpha value is -3.49. The van der Waals surface area contributed by atoms with Crippen LogP contribution in [0.4, 0.5) is 4.39 Å². The van der Waals surface area contributed by atoms with Crippen LogP contribution in [0.3, 0.4) is 0 Å². The molecule has 0 spiro atoms. The highest BCUT2D eigenvalue weighted by molar-refractivity contribution is 5.99. The molecule has 2 amide bonds. The Morgan fingerprint density at radius 1 is 1.25 bits per heavy atom. The first-order valence-electron chi connectivity index (χ1n) is 12.3. The Morgan fingerprint density at radius 3 is 2.72 bits per heavy atom. The summed E-state index contributed by atoms with van der Waals surface area (Å²) in [6.45, 7) is 7.58. The summed E-state index contributed by atoms with van der Waals surface area (Å²) in [7, 11) is 0. The molecule has 36 heavy (non-hydrogen) atoms. The minimum atomic E-state index is -0.579. The minimum absolute atomic E-state index is 0.130. The second-order valence-electron chi connectivity index (χ2n) is 11.2. The number of nitrogens with one attached hydrogen (secondary N) is 1. The van der Waals surface area contributed by atoms with E-state index in [1.807, 2.05) is 33.8 Å².